The quantitative estimate of drug-likeness (QED) is 0.285. The SMILES string of the molecule is CSc1cccc(NC(=S)NNC(=S)N[C@@H]2C[C@@H]3C=C[C@@H]2C3)c1. The van der Waals surface area contributed by atoms with Gasteiger partial charge in [-0.3, -0.25) is 10.9 Å². The summed E-state index contributed by atoms with van der Waals surface area (Å²) in [4.78, 5) is 1.19. The molecule has 2 aliphatic carbocycles. The van der Waals surface area contributed by atoms with Crippen molar-refractivity contribution in [3.8, 4) is 0 Å². The van der Waals surface area contributed by atoms with E-state index in [4.69, 9.17) is 24.4 Å². The van der Waals surface area contributed by atoms with Crippen LogP contribution in [0.25, 0.3) is 0 Å². The lowest BCUT2D eigenvalue weighted by Crippen LogP contribution is -2.51. The molecule has 0 heterocycles. The first kappa shape index (κ1) is 16.5. The van der Waals surface area contributed by atoms with Gasteiger partial charge < -0.3 is 10.6 Å². The standard InChI is InChI=1S/C16H20N4S3/c1-23-13-4-2-3-12(9-13)17-15(21)19-20-16(22)18-14-8-10-5-6-11(14)7-10/h2-6,9-11,14H,7-8H2,1H3,(H2,17,19,21)(H2,18,20,22)/t10-,11-,14-/m1/s1. The van der Waals surface area contributed by atoms with Crippen LogP contribution in [0.2, 0.25) is 0 Å². The van der Waals surface area contributed by atoms with Gasteiger partial charge in [-0.05, 0) is 73.6 Å². The van der Waals surface area contributed by atoms with Gasteiger partial charge in [0.05, 0.1) is 0 Å². The Kier molecular flexibility index (Phi) is 5.40. The van der Waals surface area contributed by atoms with Gasteiger partial charge in [-0.15, -0.1) is 11.8 Å². The molecule has 4 nitrogen and oxygen atoms in total. The fraction of sp³-hybridized carbons (Fsp3) is 0.375. The summed E-state index contributed by atoms with van der Waals surface area (Å²) < 4.78 is 0. The molecular formula is C16H20N4S3. The normalized spacial score (nSPS) is 24.3. The number of benzene rings is 1. The van der Waals surface area contributed by atoms with Gasteiger partial charge >= 0.3 is 0 Å². The van der Waals surface area contributed by atoms with E-state index in [9.17, 15) is 0 Å². The molecule has 2 bridgehead atoms. The van der Waals surface area contributed by atoms with Gasteiger partial charge in [-0.1, -0.05) is 18.2 Å². The number of fused-ring (bicyclic) bond motifs is 2. The predicted octanol–water partition coefficient (Wildman–Crippen LogP) is 3.04. The Labute approximate surface area is 151 Å². The van der Waals surface area contributed by atoms with Crippen LogP contribution in [0.5, 0.6) is 0 Å². The monoisotopic (exact) mass is 364 g/mol. The van der Waals surface area contributed by atoms with Crippen LogP contribution >= 0.6 is 36.2 Å². The number of rotatable bonds is 3. The number of anilines is 1. The second kappa shape index (κ2) is 7.51. The fourth-order valence-electron chi connectivity index (χ4n) is 3.13. The molecule has 122 valence electrons. The molecule has 1 aromatic carbocycles. The van der Waals surface area contributed by atoms with E-state index in [1.165, 1.54) is 11.3 Å². The summed E-state index contributed by atoms with van der Waals surface area (Å²) in [6.45, 7) is 0. The van der Waals surface area contributed by atoms with Crippen molar-refractivity contribution in [1.82, 2.24) is 16.2 Å². The van der Waals surface area contributed by atoms with Gasteiger partial charge in [0.15, 0.2) is 10.2 Å². The summed E-state index contributed by atoms with van der Waals surface area (Å²) in [6.07, 6.45) is 9.07. The molecule has 23 heavy (non-hydrogen) atoms. The second-order valence-electron chi connectivity index (χ2n) is 5.80. The summed E-state index contributed by atoms with van der Waals surface area (Å²) in [5.74, 6) is 1.33. The van der Waals surface area contributed by atoms with Crippen molar-refractivity contribution >= 4 is 52.1 Å². The molecule has 1 fully saturated rings. The lowest BCUT2D eigenvalue weighted by Gasteiger charge is -2.22. The van der Waals surface area contributed by atoms with Crippen LogP contribution in [0.3, 0.4) is 0 Å². The van der Waals surface area contributed by atoms with Gasteiger partial charge in [-0.25, -0.2) is 0 Å². The zero-order valence-electron chi connectivity index (χ0n) is 12.8. The minimum Gasteiger partial charge on any atom is -0.358 e. The van der Waals surface area contributed by atoms with E-state index in [1.54, 1.807) is 11.8 Å². The van der Waals surface area contributed by atoms with Crippen LogP contribution in [0.4, 0.5) is 5.69 Å². The van der Waals surface area contributed by atoms with Crippen LogP contribution in [0, 0.1) is 11.8 Å². The Morgan fingerprint density at radius 2 is 1.96 bits per heavy atom. The summed E-state index contributed by atoms with van der Waals surface area (Å²) >= 11 is 12.3. The van der Waals surface area contributed by atoms with E-state index in [0.29, 0.717) is 22.2 Å². The van der Waals surface area contributed by atoms with Crippen LogP contribution < -0.4 is 21.5 Å². The Balaban J connectivity index is 1.41. The van der Waals surface area contributed by atoms with E-state index in [1.807, 2.05) is 18.4 Å². The van der Waals surface area contributed by atoms with Crippen molar-refractivity contribution < 1.29 is 0 Å². The van der Waals surface area contributed by atoms with Crippen molar-refractivity contribution in [3.63, 3.8) is 0 Å². The number of hydrogen-bond acceptors (Lipinski definition) is 3. The van der Waals surface area contributed by atoms with E-state index in [0.717, 1.165) is 18.0 Å². The van der Waals surface area contributed by atoms with Crippen molar-refractivity contribution in [3.05, 3.63) is 36.4 Å². The fourth-order valence-corrected chi connectivity index (χ4v) is 3.96. The highest BCUT2D eigenvalue weighted by Crippen LogP contribution is 2.38. The number of nitrogens with one attached hydrogen (secondary N) is 4. The summed E-state index contributed by atoms with van der Waals surface area (Å²) in [5, 5.41) is 7.57. The zero-order valence-corrected chi connectivity index (χ0v) is 15.3. The minimum absolute atomic E-state index is 0.437. The molecule has 0 unspecified atom stereocenters. The third kappa shape index (κ3) is 4.37. The topological polar surface area (TPSA) is 48.1 Å². The number of thioether (sulfide) groups is 1. The average molecular weight is 365 g/mol. The number of hydrazine groups is 1. The van der Waals surface area contributed by atoms with E-state index in [2.05, 4.69) is 45.8 Å². The average Bonchev–Trinajstić information content (AvgIpc) is 3.16. The predicted molar refractivity (Wildman–Crippen MR) is 106 cm³/mol. The highest BCUT2D eigenvalue weighted by atomic mass is 32.2. The van der Waals surface area contributed by atoms with Crippen molar-refractivity contribution in [2.24, 2.45) is 11.8 Å². The maximum absolute atomic E-state index is 5.33. The maximum atomic E-state index is 5.33. The summed E-state index contributed by atoms with van der Waals surface area (Å²) in [6, 6.07) is 8.53. The molecule has 4 N–H and O–H groups in total. The van der Waals surface area contributed by atoms with E-state index >= 15 is 0 Å². The van der Waals surface area contributed by atoms with Gasteiger partial charge in [-0.2, -0.15) is 0 Å². The maximum Gasteiger partial charge on any atom is 0.189 e. The van der Waals surface area contributed by atoms with Gasteiger partial charge in [0.1, 0.15) is 0 Å². The molecule has 0 aliphatic heterocycles. The first-order valence-electron chi connectivity index (χ1n) is 7.60. The molecule has 1 saturated carbocycles. The van der Waals surface area contributed by atoms with Crippen LogP contribution in [-0.4, -0.2) is 22.5 Å². The Hall–Kier alpha value is -1.31. The molecule has 1 aromatic rings. The Morgan fingerprint density at radius 1 is 1.13 bits per heavy atom. The van der Waals surface area contributed by atoms with E-state index < -0.39 is 0 Å². The number of allylic oxidation sites excluding steroid dienone is 1. The van der Waals surface area contributed by atoms with E-state index in [-0.39, 0.29) is 0 Å². The molecule has 0 saturated heterocycles. The summed E-state index contributed by atoms with van der Waals surface area (Å²) in [5.41, 5.74) is 6.84. The molecule has 0 spiro atoms. The van der Waals surface area contributed by atoms with Crippen molar-refractivity contribution in [2.45, 2.75) is 23.8 Å². The molecule has 0 aromatic heterocycles. The highest BCUT2D eigenvalue weighted by Gasteiger charge is 2.35. The van der Waals surface area contributed by atoms with Gasteiger partial charge in [0.2, 0.25) is 0 Å². The minimum atomic E-state index is 0.437. The first-order chi connectivity index (χ1) is 11.1. The second-order valence-corrected chi connectivity index (χ2v) is 7.49. The smallest absolute Gasteiger partial charge is 0.189 e. The van der Waals surface area contributed by atoms with Gasteiger partial charge in [0.25, 0.3) is 0 Å². The molecule has 7 heteroatoms. The van der Waals surface area contributed by atoms with Gasteiger partial charge in [0, 0.05) is 16.6 Å². The zero-order chi connectivity index (χ0) is 16.2. The number of hydrogen-bond donors (Lipinski definition) is 4. The van der Waals surface area contributed by atoms with Crippen LogP contribution in [0.1, 0.15) is 12.8 Å². The molecule has 3 rings (SSSR count). The first-order valence-corrected chi connectivity index (χ1v) is 9.64. The molecule has 2 aliphatic rings. The number of thiocarbonyl (C=S) groups is 2. The molecule has 3 atom stereocenters. The molecular weight excluding hydrogens is 344 g/mol. The molecule has 0 amide bonds. The lowest BCUT2D eigenvalue weighted by molar-refractivity contribution is 0.518. The highest BCUT2D eigenvalue weighted by molar-refractivity contribution is 7.98. The largest absolute Gasteiger partial charge is 0.358 e. The van der Waals surface area contributed by atoms with Crippen LogP contribution in [0.15, 0.2) is 41.3 Å². The lowest BCUT2D eigenvalue weighted by atomic mass is 10.0. The molecule has 0 radical (unpaired) electrons. The third-order valence-electron chi connectivity index (χ3n) is 4.21. The Bertz CT molecular complexity index is 632. The Morgan fingerprint density at radius 3 is 2.65 bits per heavy atom. The third-order valence-corrected chi connectivity index (χ3v) is 5.36. The van der Waals surface area contributed by atoms with Crippen molar-refractivity contribution in [2.75, 3.05) is 11.6 Å². The van der Waals surface area contributed by atoms with Crippen molar-refractivity contribution in [1.29, 1.82) is 0 Å². The summed E-state index contributed by atoms with van der Waals surface area (Å²) in [7, 11) is 0. The van der Waals surface area contributed by atoms with Crippen LogP contribution in [-0.2, 0) is 0 Å².